The van der Waals surface area contributed by atoms with Gasteiger partial charge >= 0.3 is 5.97 Å². The third-order valence-electron chi connectivity index (χ3n) is 14.5. The van der Waals surface area contributed by atoms with Crippen LogP contribution in [-0.2, 0) is 23.8 Å². The Hall–Kier alpha value is -3.42. The van der Waals surface area contributed by atoms with Crippen LogP contribution >= 0.6 is 0 Å². The summed E-state index contributed by atoms with van der Waals surface area (Å²) in [6, 6.07) is -1.03. The maximum atomic E-state index is 13.4. The fraction of sp³-hybridized carbons (Fsp3) is 0.735. The standard InChI is InChI=1S/C68H117NO10/c1-4-7-10-13-16-19-22-25-27-28-29-30-31-32-33-34-35-36-37-40-43-46-49-52-55-61(72)67(76)69-59(60(71)54-51-48-45-42-39-24-21-18-15-12-9-6-3)58-77-68-66(65(75)64(74)62(57-70)78-68)79-63(73)56-53-50-47-44-41-38-26-23-20-17-14-11-8-5-2/h7-8,10-11,16-17,19-20,25,27,29-30,32-33,51,54,59-62,64-66,68,70-72,74-75H,4-6,9,12-15,18,21-24,26,28,31,34-50,52-53,55-58H2,1-3H3,(H,69,76)/b10-7-,11-8+,19-16-,20-17+,27-25-,30-29-,33-32-,54-51+. The SMILES string of the molecule is CC/C=C\C/C=C\C/C=C\C/C=C\C/C=C\CCCCCCCCCCC(O)C(=O)NC(COC1OC(CO)C(O)C(O)C1OC(=O)CCCCCCCCC/C=C/C/C=C/CC)C(O)/C=C/CCCCCCCCCCCC. The first-order valence-corrected chi connectivity index (χ1v) is 32.0. The molecule has 454 valence electrons. The van der Waals surface area contributed by atoms with Gasteiger partial charge in [-0.15, -0.1) is 0 Å². The van der Waals surface area contributed by atoms with Gasteiger partial charge in [0, 0.05) is 6.42 Å². The molecule has 1 rings (SSSR count). The van der Waals surface area contributed by atoms with Gasteiger partial charge in [-0.25, -0.2) is 0 Å². The predicted molar refractivity (Wildman–Crippen MR) is 329 cm³/mol. The van der Waals surface area contributed by atoms with Crippen LogP contribution in [0.1, 0.15) is 258 Å². The number of aliphatic hydroxyl groups excluding tert-OH is 5. The maximum absolute atomic E-state index is 13.4. The summed E-state index contributed by atoms with van der Waals surface area (Å²) < 4.78 is 17.6. The fourth-order valence-electron chi connectivity index (χ4n) is 9.48. The van der Waals surface area contributed by atoms with Gasteiger partial charge in [0.15, 0.2) is 12.4 Å². The summed E-state index contributed by atoms with van der Waals surface area (Å²) in [5.41, 5.74) is 0. The highest BCUT2D eigenvalue weighted by Crippen LogP contribution is 2.26. The first-order chi connectivity index (χ1) is 38.7. The van der Waals surface area contributed by atoms with Crippen LogP contribution in [0.3, 0.4) is 0 Å². The highest BCUT2D eigenvalue weighted by molar-refractivity contribution is 5.80. The average Bonchev–Trinajstić information content (AvgIpc) is 3.46. The number of allylic oxidation sites excluding steroid dienone is 15. The summed E-state index contributed by atoms with van der Waals surface area (Å²) in [6.45, 7) is 5.56. The number of hydrogen-bond acceptors (Lipinski definition) is 10. The molecule has 11 nitrogen and oxygen atoms in total. The molecule has 1 heterocycles. The van der Waals surface area contributed by atoms with E-state index in [0.29, 0.717) is 12.8 Å². The summed E-state index contributed by atoms with van der Waals surface area (Å²) in [4.78, 5) is 26.6. The second-order valence-electron chi connectivity index (χ2n) is 21.7. The lowest BCUT2D eigenvalue weighted by atomic mass is 9.99. The molecule has 0 aromatic rings. The van der Waals surface area contributed by atoms with E-state index in [1.54, 1.807) is 6.08 Å². The zero-order chi connectivity index (χ0) is 57.5. The van der Waals surface area contributed by atoms with Crippen LogP contribution in [0.25, 0.3) is 0 Å². The summed E-state index contributed by atoms with van der Waals surface area (Å²) in [5.74, 6) is -1.21. The Labute approximate surface area is 482 Å². The number of unbranched alkanes of at least 4 members (excludes halogenated alkanes) is 25. The van der Waals surface area contributed by atoms with E-state index in [-0.39, 0.29) is 19.4 Å². The maximum Gasteiger partial charge on any atom is 0.306 e. The number of rotatable bonds is 53. The van der Waals surface area contributed by atoms with Crippen LogP contribution in [0.2, 0.25) is 0 Å². The van der Waals surface area contributed by atoms with Gasteiger partial charge in [0.2, 0.25) is 5.91 Å². The Morgan fingerprint density at radius 2 is 0.911 bits per heavy atom. The molecule has 1 amide bonds. The third-order valence-corrected chi connectivity index (χ3v) is 14.5. The van der Waals surface area contributed by atoms with Crippen molar-refractivity contribution in [1.82, 2.24) is 5.32 Å². The molecule has 1 saturated heterocycles. The topological polar surface area (TPSA) is 175 Å². The number of amides is 1. The van der Waals surface area contributed by atoms with E-state index < -0.39 is 67.4 Å². The second kappa shape index (κ2) is 55.1. The summed E-state index contributed by atoms with van der Waals surface area (Å²) >= 11 is 0. The molecule has 0 radical (unpaired) electrons. The number of esters is 1. The van der Waals surface area contributed by atoms with Crippen molar-refractivity contribution in [2.24, 2.45) is 0 Å². The Morgan fingerprint density at radius 3 is 1.37 bits per heavy atom. The molecule has 8 atom stereocenters. The Morgan fingerprint density at radius 1 is 0.506 bits per heavy atom. The number of ether oxygens (including phenoxy) is 3. The van der Waals surface area contributed by atoms with E-state index in [2.05, 4.69) is 111 Å². The van der Waals surface area contributed by atoms with E-state index in [4.69, 9.17) is 14.2 Å². The molecule has 0 saturated carbocycles. The third kappa shape index (κ3) is 43.0. The molecule has 0 aliphatic carbocycles. The smallest absolute Gasteiger partial charge is 0.306 e. The summed E-state index contributed by atoms with van der Waals surface area (Å²) in [7, 11) is 0. The number of nitrogens with one attached hydrogen (secondary N) is 1. The van der Waals surface area contributed by atoms with Crippen molar-refractivity contribution in [3.8, 4) is 0 Å². The van der Waals surface area contributed by atoms with Crippen LogP contribution in [0.5, 0.6) is 0 Å². The molecule has 1 aliphatic rings. The summed E-state index contributed by atoms with van der Waals surface area (Å²) in [6.07, 6.45) is 63.0. The number of carbonyl (C=O) groups is 2. The molecule has 6 N–H and O–H groups in total. The van der Waals surface area contributed by atoms with Gasteiger partial charge < -0.3 is 45.1 Å². The monoisotopic (exact) mass is 1110 g/mol. The minimum Gasteiger partial charge on any atom is -0.454 e. The van der Waals surface area contributed by atoms with E-state index in [1.807, 2.05) is 6.08 Å². The van der Waals surface area contributed by atoms with Crippen molar-refractivity contribution in [1.29, 1.82) is 0 Å². The van der Waals surface area contributed by atoms with Crippen LogP contribution in [0.4, 0.5) is 0 Å². The quantitative estimate of drug-likeness (QED) is 0.0195. The van der Waals surface area contributed by atoms with Crippen LogP contribution in [0.15, 0.2) is 97.2 Å². The number of aliphatic hydroxyl groups is 5. The number of hydrogen-bond donors (Lipinski definition) is 6. The molecule has 11 heteroatoms. The zero-order valence-electron chi connectivity index (χ0n) is 50.2. The molecule has 79 heavy (non-hydrogen) atoms. The molecule has 1 fully saturated rings. The minimum atomic E-state index is -1.62. The lowest BCUT2D eigenvalue weighted by Crippen LogP contribution is -2.61. The van der Waals surface area contributed by atoms with E-state index in [1.165, 1.54) is 77.0 Å². The molecular formula is C68H117NO10. The molecule has 0 spiro atoms. The highest BCUT2D eigenvalue weighted by Gasteiger charge is 2.47. The number of carbonyl (C=O) groups excluding carboxylic acids is 2. The van der Waals surface area contributed by atoms with Crippen LogP contribution < -0.4 is 5.32 Å². The van der Waals surface area contributed by atoms with Gasteiger partial charge in [0.05, 0.1) is 25.4 Å². The van der Waals surface area contributed by atoms with E-state index in [0.717, 1.165) is 135 Å². The Balaban J connectivity index is 2.64. The van der Waals surface area contributed by atoms with Crippen molar-refractivity contribution >= 4 is 11.9 Å². The fourth-order valence-corrected chi connectivity index (χ4v) is 9.48. The first-order valence-electron chi connectivity index (χ1n) is 32.0. The van der Waals surface area contributed by atoms with Crippen molar-refractivity contribution in [2.45, 2.75) is 307 Å². The zero-order valence-corrected chi connectivity index (χ0v) is 50.2. The molecular weight excluding hydrogens is 991 g/mol. The lowest BCUT2D eigenvalue weighted by Gasteiger charge is -2.41. The van der Waals surface area contributed by atoms with Gasteiger partial charge in [-0.1, -0.05) is 253 Å². The molecule has 8 unspecified atom stereocenters. The van der Waals surface area contributed by atoms with Crippen molar-refractivity contribution in [2.75, 3.05) is 13.2 Å². The van der Waals surface area contributed by atoms with E-state index in [9.17, 15) is 35.1 Å². The van der Waals surface area contributed by atoms with Crippen LogP contribution in [-0.4, -0.2) is 99.6 Å². The largest absolute Gasteiger partial charge is 0.454 e. The molecule has 1 aliphatic heterocycles. The molecule has 0 aromatic carbocycles. The molecule has 0 aromatic heterocycles. The lowest BCUT2D eigenvalue weighted by molar-refractivity contribution is -0.305. The van der Waals surface area contributed by atoms with Gasteiger partial charge in [-0.2, -0.15) is 0 Å². The average molecular weight is 1110 g/mol. The normalized spacial score (nSPS) is 19.5. The van der Waals surface area contributed by atoms with Crippen LogP contribution in [0, 0.1) is 0 Å². The highest BCUT2D eigenvalue weighted by atomic mass is 16.7. The van der Waals surface area contributed by atoms with Crippen molar-refractivity contribution in [3.05, 3.63) is 97.2 Å². The predicted octanol–water partition coefficient (Wildman–Crippen LogP) is 15.5. The van der Waals surface area contributed by atoms with Gasteiger partial charge in [-0.3, -0.25) is 9.59 Å². The molecule has 0 bridgehead atoms. The van der Waals surface area contributed by atoms with Gasteiger partial charge in [0.1, 0.15) is 24.4 Å². The first kappa shape index (κ1) is 73.6. The Bertz CT molecular complexity index is 1650. The second-order valence-corrected chi connectivity index (χ2v) is 21.7. The van der Waals surface area contributed by atoms with Gasteiger partial charge in [0.25, 0.3) is 0 Å². The Kier molecular flexibility index (Phi) is 51.4. The van der Waals surface area contributed by atoms with E-state index >= 15 is 0 Å². The minimum absolute atomic E-state index is 0.110. The van der Waals surface area contributed by atoms with Crippen molar-refractivity contribution in [3.63, 3.8) is 0 Å². The van der Waals surface area contributed by atoms with Crippen molar-refractivity contribution < 1.29 is 49.3 Å². The van der Waals surface area contributed by atoms with Gasteiger partial charge in [-0.05, 0) is 96.3 Å². The summed E-state index contributed by atoms with van der Waals surface area (Å²) in [5, 5.41) is 57.0.